The third kappa shape index (κ3) is 3.23. The van der Waals surface area contributed by atoms with Crippen LogP contribution in [0.25, 0.3) is 0 Å². The van der Waals surface area contributed by atoms with Gasteiger partial charge in [0.1, 0.15) is 0 Å². The average Bonchev–Trinajstić information content (AvgIpc) is 2.21. The molecule has 90 valence electrons. The van der Waals surface area contributed by atoms with Crippen LogP contribution in [0.1, 0.15) is 38.3 Å². The highest BCUT2D eigenvalue weighted by atomic mass is 35.5. The highest BCUT2D eigenvalue weighted by Crippen LogP contribution is 2.26. The Labute approximate surface area is 104 Å². The summed E-state index contributed by atoms with van der Waals surface area (Å²) in [6.45, 7) is 8.53. The molecule has 0 heterocycles. The van der Waals surface area contributed by atoms with E-state index in [1.165, 1.54) is 5.56 Å². The van der Waals surface area contributed by atoms with Crippen molar-refractivity contribution in [3.8, 4) is 0 Å². The standard InChI is InChI=1S/C14H22ClN/c1-5-11(3)14(4,16)9-12-7-6-10(2)8-13(12)15/h6-8,11H,5,9,16H2,1-4H3. The van der Waals surface area contributed by atoms with Crippen molar-refractivity contribution in [1.82, 2.24) is 0 Å². The Morgan fingerprint density at radius 2 is 2.06 bits per heavy atom. The first kappa shape index (κ1) is 13.5. The van der Waals surface area contributed by atoms with Gasteiger partial charge < -0.3 is 5.73 Å². The Balaban J connectivity index is 2.87. The average molecular weight is 240 g/mol. The van der Waals surface area contributed by atoms with Crippen molar-refractivity contribution in [2.45, 2.75) is 46.1 Å². The van der Waals surface area contributed by atoms with Crippen molar-refractivity contribution in [2.75, 3.05) is 0 Å². The van der Waals surface area contributed by atoms with Crippen molar-refractivity contribution in [2.24, 2.45) is 11.7 Å². The van der Waals surface area contributed by atoms with Gasteiger partial charge in [-0.1, -0.05) is 44.0 Å². The maximum atomic E-state index is 6.35. The fourth-order valence-corrected chi connectivity index (χ4v) is 2.15. The molecule has 1 aromatic carbocycles. The van der Waals surface area contributed by atoms with E-state index in [1.807, 2.05) is 13.0 Å². The predicted octanol–water partition coefficient (Wildman–Crippen LogP) is 3.95. The van der Waals surface area contributed by atoms with E-state index in [1.54, 1.807) is 0 Å². The predicted molar refractivity (Wildman–Crippen MR) is 71.9 cm³/mol. The molecular formula is C14H22ClN. The van der Waals surface area contributed by atoms with Gasteiger partial charge in [0.2, 0.25) is 0 Å². The molecule has 0 radical (unpaired) electrons. The van der Waals surface area contributed by atoms with Crippen LogP contribution in [0.3, 0.4) is 0 Å². The number of hydrogen-bond acceptors (Lipinski definition) is 1. The summed E-state index contributed by atoms with van der Waals surface area (Å²) in [7, 11) is 0. The second-order valence-corrected chi connectivity index (χ2v) is 5.49. The maximum absolute atomic E-state index is 6.35. The first-order valence-electron chi connectivity index (χ1n) is 5.90. The molecular weight excluding hydrogens is 218 g/mol. The van der Waals surface area contributed by atoms with Gasteiger partial charge in [-0.15, -0.1) is 0 Å². The van der Waals surface area contributed by atoms with Crippen LogP contribution >= 0.6 is 11.6 Å². The number of rotatable bonds is 4. The van der Waals surface area contributed by atoms with E-state index in [0.29, 0.717) is 5.92 Å². The summed E-state index contributed by atoms with van der Waals surface area (Å²) in [5.74, 6) is 0.491. The van der Waals surface area contributed by atoms with Gasteiger partial charge in [0.25, 0.3) is 0 Å². The van der Waals surface area contributed by atoms with Crippen molar-refractivity contribution in [3.05, 3.63) is 34.3 Å². The van der Waals surface area contributed by atoms with Crippen molar-refractivity contribution in [3.63, 3.8) is 0 Å². The molecule has 2 N–H and O–H groups in total. The largest absolute Gasteiger partial charge is 0.325 e. The molecule has 1 nitrogen and oxygen atoms in total. The lowest BCUT2D eigenvalue weighted by Crippen LogP contribution is -2.44. The summed E-state index contributed by atoms with van der Waals surface area (Å²) >= 11 is 6.23. The van der Waals surface area contributed by atoms with Crippen molar-refractivity contribution in [1.29, 1.82) is 0 Å². The van der Waals surface area contributed by atoms with E-state index >= 15 is 0 Å². The quantitative estimate of drug-likeness (QED) is 0.846. The molecule has 1 aromatic rings. The van der Waals surface area contributed by atoms with Crippen LogP contribution in [0.2, 0.25) is 5.02 Å². The summed E-state index contributed by atoms with van der Waals surface area (Å²) in [6.07, 6.45) is 1.93. The maximum Gasteiger partial charge on any atom is 0.0441 e. The fourth-order valence-electron chi connectivity index (χ4n) is 1.85. The monoisotopic (exact) mass is 239 g/mol. The molecule has 0 aliphatic rings. The molecule has 16 heavy (non-hydrogen) atoms. The third-order valence-corrected chi connectivity index (χ3v) is 3.87. The minimum absolute atomic E-state index is 0.187. The highest BCUT2D eigenvalue weighted by Gasteiger charge is 2.26. The third-order valence-electron chi connectivity index (χ3n) is 3.52. The minimum Gasteiger partial charge on any atom is -0.325 e. The van der Waals surface area contributed by atoms with Gasteiger partial charge in [0, 0.05) is 10.6 Å². The van der Waals surface area contributed by atoms with Gasteiger partial charge in [-0.3, -0.25) is 0 Å². The number of halogens is 1. The van der Waals surface area contributed by atoms with E-state index in [2.05, 4.69) is 32.9 Å². The van der Waals surface area contributed by atoms with Crippen LogP contribution in [-0.2, 0) is 6.42 Å². The lowest BCUT2D eigenvalue weighted by molar-refractivity contribution is 0.306. The van der Waals surface area contributed by atoms with E-state index < -0.39 is 0 Å². The molecule has 2 heteroatoms. The summed E-state index contributed by atoms with van der Waals surface area (Å²) in [5, 5.41) is 0.833. The SMILES string of the molecule is CCC(C)C(C)(N)Cc1ccc(C)cc1Cl. The van der Waals surface area contributed by atoms with Gasteiger partial charge in [-0.25, -0.2) is 0 Å². The van der Waals surface area contributed by atoms with Crippen molar-refractivity contribution >= 4 is 11.6 Å². The molecule has 0 fully saturated rings. The van der Waals surface area contributed by atoms with Gasteiger partial charge in [0.05, 0.1) is 0 Å². The molecule has 0 aromatic heterocycles. The number of hydrogen-bond donors (Lipinski definition) is 1. The normalized spacial score (nSPS) is 16.9. The van der Waals surface area contributed by atoms with Crippen LogP contribution in [-0.4, -0.2) is 5.54 Å². The summed E-state index contributed by atoms with van der Waals surface area (Å²) in [4.78, 5) is 0. The second kappa shape index (κ2) is 5.20. The van der Waals surface area contributed by atoms with Crippen LogP contribution < -0.4 is 5.73 Å². The highest BCUT2D eigenvalue weighted by molar-refractivity contribution is 6.31. The molecule has 1 rings (SSSR count). The zero-order valence-corrected chi connectivity index (χ0v) is 11.4. The summed E-state index contributed by atoms with van der Waals surface area (Å²) in [5.41, 5.74) is 8.51. The Kier molecular flexibility index (Phi) is 4.40. The zero-order valence-electron chi connectivity index (χ0n) is 10.7. The molecule has 0 bridgehead atoms. The second-order valence-electron chi connectivity index (χ2n) is 5.09. The molecule has 0 aliphatic carbocycles. The van der Waals surface area contributed by atoms with E-state index in [-0.39, 0.29) is 5.54 Å². The molecule has 0 spiro atoms. The molecule has 0 aliphatic heterocycles. The van der Waals surface area contributed by atoms with Crippen LogP contribution in [0, 0.1) is 12.8 Å². The Morgan fingerprint density at radius 1 is 1.44 bits per heavy atom. The van der Waals surface area contributed by atoms with Crippen LogP contribution in [0.5, 0.6) is 0 Å². The summed E-state index contributed by atoms with van der Waals surface area (Å²) < 4.78 is 0. The van der Waals surface area contributed by atoms with Crippen LogP contribution in [0.4, 0.5) is 0 Å². The minimum atomic E-state index is -0.187. The lowest BCUT2D eigenvalue weighted by Gasteiger charge is -2.31. The van der Waals surface area contributed by atoms with Gasteiger partial charge in [-0.2, -0.15) is 0 Å². The van der Waals surface area contributed by atoms with Crippen molar-refractivity contribution < 1.29 is 0 Å². The number of nitrogens with two attached hydrogens (primary N) is 1. The van der Waals surface area contributed by atoms with E-state index in [9.17, 15) is 0 Å². The molecule has 2 unspecified atom stereocenters. The first-order valence-corrected chi connectivity index (χ1v) is 6.28. The topological polar surface area (TPSA) is 26.0 Å². The fraction of sp³-hybridized carbons (Fsp3) is 0.571. The Bertz CT molecular complexity index is 358. The Hall–Kier alpha value is -0.530. The van der Waals surface area contributed by atoms with Gasteiger partial charge >= 0.3 is 0 Å². The first-order chi connectivity index (χ1) is 7.36. The summed E-state index contributed by atoms with van der Waals surface area (Å²) in [6, 6.07) is 6.18. The van der Waals surface area contributed by atoms with Gasteiger partial charge in [-0.05, 0) is 43.4 Å². The zero-order chi connectivity index (χ0) is 12.3. The Morgan fingerprint density at radius 3 is 2.56 bits per heavy atom. The molecule has 2 atom stereocenters. The lowest BCUT2D eigenvalue weighted by atomic mass is 9.81. The number of aryl methyl sites for hydroxylation is 1. The molecule has 0 amide bonds. The van der Waals surface area contributed by atoms with Crippen LogP contribution in [0.15, 0.2) is 18.2 Å². The van der Waals surface area contributed by atoms with E-state index in [4.69, 9.17) is 17.3 Å². The number of benzene rings is 1. The van der Waals surface area contributed by atoms with E-state index in [0.717, 1.165) is 23.4 Å². The molecule has 0 saturated heterocycles. The molecule has 0 saturated carbocycles. The smallest absolute Gasteiger partial charge is 0.0441 e. The van der Waals surface area contributed by atoms with Gasteiger partial charge in [0.15, 0.2) is 0 Å².